The van der Waals surface area contributed by atoms with E-state index in [0.717, 1.165) is 19.4 Å². The van der Waals surface area contributed by atoms with Gasteiger partial charge in [0, 0.05) is 18.5 Å². The Morgan fingerprint density at radius 1 is 1.26 bits per heavy atom. The zero-order valence-corrected chi connectivity index (χ0v) is 13.5. The minimum absolute atomic E-state index is 0.0957. The molecular formula is C16H32N2O. The molecule has 19 heavy (non-hydrogen) atoms. The van der Waals surface area contributed by atoms with E-state index in [1.54, 1.807) is 0 Å². The maximum Gasteiger partial charge on any atom is 0.223 e. The molecule has 0 aliphatic heterocycles. The molecule has 1 saturated carbocycles. The van der Waals surface area contributed by atoms with E-state index in [0.29, 0.717) is 17.8 Å². The predicted molar refractivity (Wildman–Crippen MR) is 80.7 cm³/mol. The number of hydrogen-bond donors (Lipinski definition) is 2. The van der Waals surface area contributed by atoms with Gasteiger partial charge in [0.25, 0.3) is 0 Å². The molecule has 0 aromatic carbocycles. The highest BCUT2D eigenvalue weighted by molar-refractivity contribution is 5.79. The molecule has 1 amide bonds. The summed E-state index contributed by atoms with van der Waals surface area (Å²) in [7, 11) is 0. The molecule has 1 fully saturated rings. The van der Waals surface area contributed by atoms with Gasteiger partial charge in [-0.05, 0) is 36.0 Å². The quantitative estimate of drug-likeness (QED) is 0.827. The molecule has 0 bridgehead atoms. The highest BCUT2D eigenvalue weighted by Gasteiger charge is 2.35. The number of hydrogen-bond acceptors (Lipinski definition) is 2. The van der Waals surface area contributed by atoms with Gasteiger partial charge >= 0.3 is 0 Å². The lowest BCUT2D eigenvalue weighted by molar-refractivity contribution is -0.128. The van der Waals surface area contributed by atoms with E-state index in [2.05, 4.69) is 46.9 Å². The largest absolute Gasteiger partial charge is 0.356 e. The smallest absolute Gasteiger partial charge is 0.223 e. The van der Waals surface area contributed by atoms with Crippen molar-refractivity contribution in [2.24, 2.45) is 34.8 Å². The van der Waals surface area contributed by atoms with Crippen LogP contribution in [0.2, 0.25) is 0 Å². The normalized spacial score (nSPS) is 33.8. The summed E-state index contributed by atoms with van der Waals surface area (Å²) in [4.78, 5) is 12.3. The average molecular weight is 268 g/mol. The SMILES string of the molecule is CC1CC(C)C(C(=O)NCC(C)C(C)(C)C)CC1N. The molecule has 3 N–H and O–H groups in total. The van der Waals surface area contributed by atoms with E-state index in [1.807, 2.05) is 0 Å². The van der Waals surface area contributed by atoms with Gasteiger partial charge in [-0.2, -0.15) is 0 Å². The Hall–Kier alpha value is -0.570. The first-order valence-corrected chi connectivity index (χ1v) is 7.66. The minimum atomic E-state index is 0.0957. The molecule has 1 aliphatic carbocycles. The Labute approximate surface area is 118 Å². The lowest BCUT2D eigenvalue weighted by Crippen LogP contribution is -2.46. The van der Waals surface area contributed by atoms with Crippen molar-refractivity contribution >= 4 is 5.91 Å². The molecule has 112 valence electrons. The molecule has 3 nitrogen and oxygen atoms in total. The highest BCUT2D eigenvalue weighted by Crippen LogP contribution is 2.33. The molecule has 0 aromatic rings. The topological polar surface area (TPSA) is 55.1 Å². The summed E-state index contributed by atoms with van der Waals surface area (Å²) in [6.07, 6.45) is 1.89. The second kappa shape index (κ2) is 6.25. The fourth-order valence-electron chi connectivity index (χ4n) is 2.74. The number of nitrogens with one attached hydrogen (secondary N) is 1. The van der Waals surface area contributed by atoms with Crippen LogP contribution in [0.25, 0.3) is 0 Å². The van der Waals surface area contributed by atoms with Gasteiger partial charge in [0.1, 0.15) is 0 Å². The molecule has 0 radical (unpaired) electrons. The molecule has 3 heteroatoms. The van der Waals surface area contributed by atoms with E-state index in [4.69, 9.17) is 5.73 Å². The molecule has 5 atom stereocenters. The van der Waals surface area contributed by atoms with Crippen LogP contribution < -0.4 is 11.1 Å². The predicted octanol–water partition coefficient (Wildman–Crippen LogP) is 2.79. The van der Waals surface area contributed by atoms with Crippen molar-refractivity contribution in [3.63, 3.8) is 0 Å². The van der Waals surface area contributed by atoms with E-state index in [-0.39, 0.29) is 23.3 Å². The summed E-state index contributed by atoms with van der Waals surface area (Å²) in [5, 5.41) is 3.13. The third-order valence-electron chi connectivity index (χ3n) is 5.09. The fourth-order valence-corrected chi connectivity index (χ4v) is 2.74. The van der Waals surface area contributed by atoms with Crippen LogP contribution in [0.5, 0.6) is 0 Å². The van der Waals surface area contributed by atoms with E-state index in [9.17, 15) is 4.79 Å². The number of amides is 1. The van der Waals surface area contributed by atoms with Gasteiger partial charge in [0.2, 0.25) is 5.91 Å². The Bertz CT molecular complexity index is 308. The van der Waals surface area contributed by atoms with Gasteiger partial charge in [-0.25, -0.2) is 0 Å². The van der Waals surface area contributed by atoms with Gasteiger partial charge < -0.3 is 11.1 Å². The summed E-state index contributed by atoms with van der Waals surface area (Å²) >= 11 is 0. The van der Waals surface area contributed by atoms with Gasteiger partial charge in [-0.1, -0.05) is 41.5 Å². The monoisotopic (exact) mass is 268 g/mol. The van der Waals surface area contributed by atoms with E-state index < -0.39 is 0 Å². The van der Waals surface area contributed by atoms with E-state index in [1.165, 1.54) is 0 Å². The van der Waals surface area contributed by atoms with Crippen LogP contribution in [0.15, 0.2) is 0 Å². The molecule has 1 rings (SSSR count). The van der Waals surface area contributed by atoms with Crippen LogP contribution in [0, 0.1) is 29.1 Å². The molecular weight excluding hydrogens is 236 g/mol. The van der Waals surface area contributed by atoms with Crippen molar-refractivity contribution in [2.45, 2.75) is 60.4 Å². The molecule has 0 aromatic heterocycles. The molecule has 1 aliphatic rings. The maximum atomic E-state index is 12.3. The average Bonchev–Trinajstić information content (AvgIpc) is 2.29. The van der Waals surface area contributed by atoms with Crippen molar-refractivity contribution in [3.05, 3.63) is 0 Å². The van der Waals surface area contributed by atoms with Crippen LogP contribution in [-0.4, -0.2) is 18.5 Å². The molecule has 0 saturated heterocycles. The highest BCUT2D eigenvalue weighted by atomic mass is 16.1. The minimum Gasteiger partial charge on any atom is -0.356 e. The first kappa shape index (κ1) is 16.5. The Balaban J connectivity index is 2.50. The molecule has 0 heterocycles. The first-order chi connectivity index (χ1) is 8.62. The van der Waals surface area contributed by atoms with Crippen molar-refractivity contribution in [1.82, 2.24) is 5.32 Å². The Morgan fingerprint density at radius 2 is 1.84 bits per heavy atom. The maximum absolute atomic E-state index is 12.3. The number of nitrogens with two attached hydrogens (primary N) is 1. The standard InChI is InChI=1S/C16H32N2O/c1-10-7-11(2)14(17)8-13(10)15(19)18-9-12(3)16(4,5)6/h10-14H,7-9,17H2,1-6H3,(H,18,19). The number of carbonyl (C=O) groups excluding carboxylic acids is 1. The molecule has 0 spiro atoms. The summed E-state index contributed by atoms with van der Waals surface area (Å²) in [6, 6.07) is 0.173. The summed E-state index contributed by atoms with van der Waals surface area (Å²) in [6.45, 7) is 14.0. The lowest BCUT2D eigenvalue weighted by Gasteiger charge is -2.36. The Morgan fingerprint density at radius 3 is 2.37 bits per heavy atom. The van der Waals surface area contributed by atoms with Crippen molar-refractivity contribution in [2.75, 3.05) is 6.54 Å². The van der Waals surface area contributed by atoms with Crippen LogP contribution >= 0.6 is 0 Å². The van der Waals surface area contributed by atoms with Gasteiger partial charge in [0.05, 0.1) is 0 Å². The third kappa shape index (κ3) is 4.48. The van der Waals surface area contributed by atoms with Crippen molar-refractivity contribution < 1.29 is 4.79 Å². The second-order valence-electron chi connectivity index (χ2n) is 7.71. The summed E-state index contributed by atoms with van der Waals surface area (Å²) in [5.74, 6) is 1.75. The third-order valence-corrected chi connectivity index (χ3v) is 5.09. The molecule has 5 unspecified atom stereocenters. The lowest BCUT2D eigenvalue weighted by atomic mass is 9.72. The van der Waals surface area contributed by atoms with Gasteiger partial charge in [-0.15, -0.1) is 0 Å². The van der Waals surface area contributed by atoms with Crippen molar-refractivity contribution in [3.8, 4) is 0 Å². The Kier molecular flexibility index (Phi) is 5.43. The van der Waals surface area contributed by atoms with Crippen molar-refractivity contribution in [1.29, 1.82) is 0 Å². The van der Waals surface area contributed by atoms with E-state index >= 15 is 0 Å². The first-order valence-electron chi connectivity index (χ1n) is 7.66. The second-order valence-corrected chi connectivity index (χ2v) is 7.71. The van der Waals surface area contributed by atoms with Crippen LogP contribution in [-0.2, 0) is 4.79 Å². The van der Waals surface area contributed by atoms with Gasteiger partial charge in [-0.3, -0.25) is 4.79 Å². The van der Waals surface area contributed by atoms with Crippen LogP contribution in [0.1, 0.15) is 54.4 Å². The summed E-state index contributed by atoms with van der Waals surface area (Å²) in [5.41, 5.74) is 6.35. The van der Waals surface area contributed by atoms with Gasteiger partial charge in [0.15, 0.2) is 0 Å². The van der Waals surface area contributed by atoms with Crippen LogP contribution in [0.4, 0.5) is 0 Å². The fraction of sp³-hybridized carbons (Fsp3) is 0.938. The zero-order valence-electron chi connectivity index (χ0n) is 13.5. The van der Waals surface area contributed by atoms with Crippen LogP contribution in [0.3, 0.4) is 0 Å². The number of rotatable bonds is 3. The zero-order chi connectivity index (χ0) is 14.8. The summed E-state index contributed by atoms with van der Waals surface area (Å²) < 4.78 is 0. The number of carbonyl (C=O) groups is 1.